The Morgan fingerprint density at radius 3 is 2.38 bits per heavy atom. The molecule has 0 bridgehead atoms. The van der Waals surface area contributed by atoms with E-state index in [1.807, 2.05) is 30.3 Å². The lowest BCUT2D eigenvalue weighted by Gasteiger charge is -2.05. The number of carbonyl (C=O) groups is 2. The van der Waals surface area contributed by atoms with Crippen molar-refractivity contribution in [3.8, 4) is 0 Å². The number of hydrogen-bond donors (Lipinski definition) is 0. The summed E-state index contributed by atoms with van der Waals surface area (Å²) in [7, 11) is 0. The number of ether oxygens (including phenoxy) is 2. The third kappa shape index (κ3) is 6.56. The first-order valence-corrected chi connectivity index (χ1v) is 6.71. The van der Waals surface area contributed by atoms with Gasteiger partial charge < -0.3 is 9.47 Å². The van der Waals surface area contributed by atoms with E-state index < -0.39 is 5.97 Å². The SMILES string of the molecule is C=C(C)C(=O)OCCC=C(C)C(=O)OCc1ccccc1. The molecule has 1 rings (SSSR count). The zero-order chi connectivity index (χ0) is 15.7. The Kier molecular flexibility index (Phi) is 6.95. The lowest BCUT2D eigenvalue weighted by molar-refractivity contribution is -0.140. The van der Waals surface area contributed by atoms with Crippen molar-refractivity contribution < 1.29 is 19.1 Å². The number of benzene rings is 1. The highest BCUT2D eigenvalue weighted by Crippen LogP contribution is 2.05. The second kappa shape index (κ2) is 8.74. The fourth-order valence-electron chi connectivity index (χ4n) is 1.47. The Labute approximate surface area is 125 Å². The molecule has 0 aliphatic heterocycles. The molecule has 0 unspecified atom stereocenters. The molecule has 0 heterocycles. The Hall–Kier alpha value is -2.36. The van der Waals surface area contributed by atoms with Crippen LogP contribution in [0, 0.1) is 0 Å². The maximum absolute atomic E-state index is 11.7. The lowest BCUT2D eigenvalue weighted by atomic mass is 10.2. The van der Waals surface area contributed by atoms with Crippen molar-refractivity contribution in [1.82, 2.24) is 0 Å². The van der Waals surface area contributed by atoms with Gasteiger partial charge in [-0.1, -0.05) is 43.0 Å². The molecular formula is C17H20O4. The zero-order valence-corrected chi connectivity index (χ0v) is 12.4. The first kappa shape index (κ1) is 16.7. The summed E-state index contributed by atoms with van der Waals surface area (Å²) in [6.07, 6.45) is 2.16. The van der Waals surface area contributed by atoms with Crippen molar-refractivity contribution in [3.05, 3.63) is 59.7 Å². The fraction of sp³-hybridized carbons (Fsp3) is 0.294. The minimum Gasteiger partial charge on any atom is -0.462 e. The molecule has 0 N–H and O–H groups in total. The highest BCUT2D eigenvalue weighted by Gasteiger charge is 2.06. The molecule has 0 aliphatic carbocycles. The molecule has 0 spiro atoms. The van der Waals surface area contributed by atoms with Gasteiger partial charge in [0.05, 0.1) is 6.61 Å². The molecule has 4 heteroatoms. The molecule has 0 amide bonds. The van der Waals surface area contributed by atoms with Gasteiger partial charge in [-0.15, -0.1) is 0 Å². The van der Waals surface area contributed by atoms with E-state index in [2.05, 4.69) is 6.58 Å². The van der Waals surface area contributed by atoms with Gasteiger partial charge in [0.25, 0.3) is 0 Å². The van der Waals surface area contributed by atoms with E-state index >= 15 is 0 Å². The highest BCUT2D eigenvalue weighted by molar-refractivity contribution is 5.88. The summed E-state index contributed by atoms with van der Waals surface area (Å²) < 4.78 is 10.1. The summed E-state index contributed by atoms with van der Waals surface area (Å²) >= 11 is 0. The third-order valence-electron chi connectivity index (χ3n) is 2.68. The predicted molar refractivity (Wildman–Crippen MR) is 80.4 cm³/mol. The predicted octanol–water partition coefficient (Wildman–Crippen LogP) is 3.19. The van der Waals surface area contributed by atoms with E-state index in [0.717, 1.165) is 5.56 Å². The van der Waals surface area contributed by atoms with Gasteiger partial charge in [-0.3, -0.25) is 0 Å². The summed E-state index contributed by atoms with van der Waals surface area (Å²) in [6.45, 7) is 7.21. The minimum atomic E-state index is -0.423. The summed E-state index contributed by atoms with van der Waals surface area (Å²) in [6, 6.07) is 9.47. The van der Waals surface area contributed by atoms with E-state index in [1.165, 1.54) is 0 Å². The van der Waals surface area contributed by atoms with E-state index in [9.17, 15) is 9.59 Å². The van der Waals surface area contributed by atoms with Gasteiger partial charge in [-0.05, 0) is 19.4 Å². The monoisotopic (exact) mass is 288 g/mol. The molecule has 4 nitrogen and oxygen atoms in total. The number of hydrogen-bond acceptors (Lipinski definition) is 4. The average Bonchev–Trinajstić information content (AvgIpc) is 2.49. The van der Waals surface area contributed by atoms with Crippen LogP contribution >= 0.6 is 0 Å². The second-order valence-corrected chi connectivity index (χ2v) is 4.65. The highest BCUT2D eigenvalue weighted by atomic mass is 16.5. The van der Waals surface area contributed by atoms with Crippen LogP contribution in [0.4, 0.5) is 0 Å². The smallest absolute Gasteiger partial charge is 0.333 e. The number of rotatable bonds is 7. The molecule has 21 heavy (non-hydrogen) atoms. The average molecular weight is 288 g/mol. The molecule has 112 valence electrons. The Balaban J connectivity index is 2.31. The van der Waals surface area contributed by atoms with Crippen molar-refractivity contribution >= 4 is 11.9 Å². The lowest BCUT2D eigenvalue weighted by Crippen LogP contribution is -2.08. The maximum atomic E-state index is 11.7. The van der Waals surface area contributed by atoms with Crippen LogP contribution in [0.2, 0.25) is 0 Å². The Morgan fingerprint density at radius 1 is 1.10 bits per heavy atom. The molecule has 1 aromatic carbocycles. The van der Waals surface area contributed by atoms with Crippen LogP contribution in [0.5, 0.6) is 0 Å². The van der Waals surface area contributed by atoms with Gasteiger partial charge in [0.1, 0.15) is 6.61 Å². The normalized spacial score (nSPS) is 10.9. The van der Waals surface area contributed by atoms with Crippen LogP contribution in [0.15, 0.2) is 54.1 Å². The van der Waals surface area contributed by atoms with Gasteiger partial charge in [-0.2, -0.15) is 0 Å². The van der Waals surface area contributed by atoms with E-state index in [-0.39, 0.29) is 19.2 Å². The van der Waals surface area contributed by atoms with Crippen molar-refractivity contribution in [2.24, 2.45) is 0 Å². The van der Waals surface area contributed by atoms with E-state index in [0.29, 0.717) is 17.6 Å². The molecule has 0 radical (unpaired) electrons. The van der Waals surface area contributed by atoms with Crippen molar-refractivity contribution in [3.63, 3.8) is 0 Å². The van der Waals surface area contributed by atoms with Gasteiger partial charge in [0.15, 0.2) is 0 Å². The first-order valence-electron chi connectivity index (χ1n) is 6.71. The van der Waals surface area contributed by atoms with Gasteiger partial charge >= 0.3 is 11.9 Å². The maximum Gasteiger partial charge on any atom is 0.333 e. The van der Waals surface area contributed by atoms with Crippen molar-refractivity contribution in [1.29, 1.82) is 0 Å². The van der Waals surface area contributed by atoms with Gasteiger partial charge in [-0.25, -0.2) is 9.59 Å². The molecule has 0 atom stereocenters. The van der Waals surface area contributed by atoms with E-state index in [4.69, 9.17) is 9.47 Å². The summed E-state index contributed by atoms with van der Waals surface area (Å²) in [5, 5.41) is 0. The van der Waals surface area contributed by atoms with Crippen LogP contribution < -0.4 is 0 Å². The second-order valence-electron chi connectivity index (χ2n) is 4.65. The molecule has 0 fully saturated rings. The summed E-state index contributed by atoms with van der Waals surface area (Å²) in [4.78, 5) is 22.9. The fourth-order valence-corrected chi connectivity index (χ4v) is 1.47. The Bertz CT molecular complexity index is 529. The molecule has 0 saturated heterocycles. The van der Waals surface area contributed by atoms with Gasteiger partial charge in [0, 0.05) is 17.6 Å². The van der Waals surface area contributed by atoms with Gasteiger partial charge in [0.2, 0.25) is 0 Å². The van der Waals surface area contributed by atoms with Crippen molar-refractivity contribution in [2.75, 3.05) is 6.61 Å². The standard InChI is InChI=1S/C17H20O4/c1-13(2)16(18)20-11-7-8-14(3)17(19)21-12-15-9-5-4-6-10-15/h4-6,8-10H,1,7,11-12H2,2-3H3. The quantitative estimate of drug-likeness (QED) is 0.439. The van der Waals surface area contributed by atoms with E-state index in [1.54, 1.807) is 19.9 Å². The molecule has 0 aliphatic rings. The van der Waals surface area contributed by atoms with Crippen LogP contribution in [-0.4, -0.2) is 18.5 Å². The first-order chi connectivity index (χ1) is 10.0. The third-order valence-corrected chi connectivity index (χ3v) is 2.68. The number of carbonyl (C=O) groups excluding carboxylic acids is 2. The van der Waals surface area contributed by atoms with Crippen LogP contribution in [0.3, 0.4) is 0 Å². The zero-order valence-electron chi connectivity index (χ0n) is 12.4. The molecule has 0 aromatic heterocycles. The Morgan fingerprint density at radius 2 is 1.76 bits per heavy atom. The van der Waals surface area contributed by atoms with Crippen LogP contribution in [0.25, 0.3) is 0 Å². The minimum absolute atomic E-state index is 0.217. The summed E-state index contributed by atoms with van der Waals surface area (Å²) in [5.74, 6) is -0.794. The number of esters is 2. The topological polar surface area (TPSA) is 52.6 Å². The van der Waals surface area contributed by atoms with Crippen LogP contribution in [-0.2, 0) is 25.7 Å². The molecular weight excluding hydrogens is 268 g/mol. The van der Waals surface area contributed by atoms with Crippen molar-refractivity contribution in [2.45, 2.75) is 26.9 Å². The summed E-state index contributed by atoms with van der Waals surface area (Å²) in [5.41, 5.74) is 1.80. The molecule has 0 saturated carbocycles. The molecule has 1 aromatic rings. The van der Waals surface area contributed by atoms with Crippen LogP contribution in [0.1, 0.15) is 25.8 Å². The largest absolute Gasteiger partial charge is 0.462 e.